The first-order chi connectivity index (χ1) is 5.47. The summed E-state index contributed by atoms with van der Waals surface area (Å²) in [6, 6.07) is 0. The molecule has 3 heteroatoms. The Hall–Kier alpha value is -0.570. The van der Waals surface area contributed by atoms with Gasteiger partial charge in [-0.1, -0.05) is 6.92 Å². The molecular weight excluding hydrogens is 156 g/mol. The number of aliphatic hydroxyl groups excluding tert-OH is 1. The number of carbonyl (C=O) groups excluding carboxylic acids is 1. The Morgan fingerprint density at radius 3 is 2.67 bits per heavy atom. The summed E-state index contributed by atoms with van der Waals surface area (Å²) in [5.41, 5.74) is -0.494. The van der Waals surface area contributed by atoms with Gasteiger partial charge in [-0.25, -0.2) is 0 Å². The molecule has 0 aromatic heterocycles. The average molecular weight is 172 g/mol. The number of cyclic esters (lactones) is 1. The smallest absolute Gasteiger partial charge is 0.306 e. The fourth-order valence-electron chi connectivity index (χ4n) is 1.72. The van der Waals surface area contributed by atoms with Crippen LogP contribution in [0.3, 0.4) is 0 Å². The van der Waals surface area contributed by atoms with Crippen LogP contribution in [0.5, 0.6) is 0 Å². The minimum atomic E-state index is -0.494. The zero-order chi connectivity index (χ0) is 9.35. The standard InChI is InChI=1S/C9H16O3/c1-4-7(10)6-5-8(11)12-9(6,2)3/h6-7,10H,4-5H2,1-3H3/t6-,7-/m1/s1. The molecule has 3 nitrogen and oxygen atoms in total. The highest BCUT2D eigenvalue weighted by Gasteiger charge is 2.44. The molecule has 1 fully saturated rings. The minimum Gasteiger partial charge on any atom is -0.459 e. The summed E-state index contributed by atoms with van der Waals surface area (Å²) in [5, 5.41) is 9.58. The molecule has 0 spiro atoms. The molecule has 0 bridgehead atoms. The van der Waals surface area contributed by atoms with E-state index in [0.29, 0.717) is 12.8 Å². The van der Waals surface area contributed by atoms with Crippen LogP contribution in [-0.2, 0) is 9.53 Å². The van der Waals surface area contributed by atoms with Crippen LogP contribution < -0.4 is 0 Å². The summed E-state index contributed by atoms with van der Waals surface area (Å²) < 4.78 is 5.09. The first-order valence-corrected chi connectivity index (χ1v) is 4.37. The van der Waals surface area contributed by atoms with Gasteiger partial charge in [-0.15, -0.1) is 0 Å². The second-order valence-corrected chi connectivity index (χ2v) is 3.86. The van der Waals surface area contributed by atoms with Crippen molar-refractivity contribution in [3.05, 3.63) is 0 Å². The van der Waals surface area contributed by atoms with Crippen molar-refractivity contribution in [2.24, 2.45) is 5.92 Å². The molecule has 1 rings (SSSR count). The number of esters is 1. The predicted molar refractivity (Wildman–Crippen MR) is 44.6 cm³/mol. The Labute approximate surface area is 72.7 Å². The van der Waals surface area contributed by atoms with E-state index in [-0.39, 0.29) is 11.9 Å². The van der Waals surface area contributed by atoms with E-state index in [1.807, 2.05) is 20.8 Å². The van der Waals surface area contributed by atoms with Crippen molar-refractivity contribution < 1.29 is 14.6 Å². The lowest BCUT2D eigenvalue weighted by Crippen LogP contribution is -2.35. The number of rotatable bonds is 2. The maximum Gasteiger partial charge on any atom is 0.306 e. The van der Waals surface area contributed by atoms with E-state index in [1.165, 1.54) is 0 Å². The molecule has 0 aromatic rings. The van der Waals surface area contributed by atoms with Crippen LogP contribution in [0.25, 0.3) is 0 Å². The van der Waals surface area contributed by atoms with Gasteiger partial charge >= 0.3 is 5.97 Å². The molecule has 0 radical (unpaired) electrons. The van der Waals surface area contributed by atoms with Crippen LogP contribution in [0, 0.1) is 5.92 Å². The van der Waals surface area contributed by atoms with Gasteiger partial charge in [-0.3, -0.25) is 4.79 Å². The SMILES string of the molecule is CC[C@@H](O)[C@H]1CC(=O)OC1(C)C. The summed E-state index contributed by atoms with van der Waals surface area (Å²) in [6.45, 7) is 5.60. The lowest BCUT2D eigenvalue weighted by atomic mass is 9.85. The number of carbonyl (C=O) groups is 1. The second-order valence-electron chi connectivity index (χ2n) is 3.86. The van der Waals surface area contributed by atoms with E-state index in [1.54, 1.807) is 0 Å². The topological polar surface area (TPSA) is 46.5 Å². The van der Waals surface area contributed by atoms with Crippen LogP contribution in [0.1, 0.15) is 33.6 Å². The molecule has 0 aromatic carbocycles. The maximum absolute atomic E-state index is 11.0. The van der Waals surface area contributed by atoms with E-state index in [2.05, 4.69) is 0 Å². The highest BCUT2D eigenvalue weighted by atomic mass is 16.6. The predicted octanol–water partition coefficient (Wildman–Crippen LogP) is 1.10. The van der Waals surface area contributed by atoms with Gasteiger partial charge in [0, 0.05) is 5.92 Å². The minimum absolute atomic E-state index is 0.0463. The molecule has 0 unspecified atom stereocenters. The second kappa shape index (κ2) is 3.05. The fourth-order valence-corrected chi connectivity index (χ4v) is 1.72. The quantitative estimate of drug-likeness (QED) is 0.634. The van der Waals surface area contributed by atoms with Gasteiger partial charge in [0.25, 0.3) is 0 Å². The van der Waals surface area contributed by atoms with Crippen molar-refractivity contribution in [2.75, 3.05) is 0 Å². The summed E-state index contributed by atoms with van der Waals surface area (Å²) in [7, 11) is 0. The van der Waals surface area contributed by atoms with Crippen molar-refractivity contribution in [1.29, 1.82) is 0 Å². The summed E-state index contributed by atoms with van der Waals surface area (Å²) in [5.74, 6) is -0.243. The van der Waals surface area contributed by atoms with Gasteiger partial charge in [0.15, 0.2) is 0 Å². The largest absolute Gasteiger partial charge is 0.459 e. The lowest BCUT2D eigenvalue weighted by Gasteiger charge is -2.27. The molecule has 1 aliphatic heterocycles. The van der Waals surface area contributed by atoms with Crippen molar-refractivity contribution in [2.45, 2.75) is 45.3 Å². The van der Waals surface area contributed by atoms with Crippen molar-refractivity contribution >= 4 is 5.97 Å². The molecule has 2 atom stereocenters. The molecule has 70 valence electrons. The van der Waals surface area contributed by atoms with Crippen molar-refractivity contribution in [3.63, 3.8) is 0 Å². The maximum atomic E-state index is 11.0. The van der Waals surface area contributed by atoms with Crippen LogP contribution in [0.4, 0.5) is 0 Å². The molecular formula is C9H16O3. The van der Waals surface area contributed by atoms with Gasteiger partial charge < -0.3 is 9.84 Å². The zero-order valence-electron chi connectivity index (χ0n) is 7.83. The van der Waals surface area contributed by atoms with E-state index in [9.17, 15) is 9.90 Å². The summed E-state index contributed by atoms with van der Waals surface area (Å²) in [4.78, 5) is 11.0. The number of hydrogen-bond donors (Lipinski definition) is 1. The van der Waals surface area contributed by atoms with Crippen LogP contribution >= 0.6 is 0 Å². The number of aliphatic hydroxyl groups is 1. The van der Waals surface area contributed by atoms with Gasteiger partial charge in [0.1, 0.15) is 5.60 Å². The number of hydrogen-bond acceptors (Lipinski definition) is 3. The lowest BCUT2D eigenvalue weighted by molar-refractivity contribution is -0.147. The third kappa shape index (κ3) is 1.61. The Kier molecular flexibility index (Phi) is 2.42. The van der Waals surface area contributed by atoms with Crippen LogP contribution in [-0.4, -0.2) is 22.8 Å². The normalized spacial score (nSPS) is 30.0. The van der Waals surface area contributed by atoms with Gasteiger partial charge in [0.2, 0.25) is 0 Å². The summed E-state index contributed by atoms with van der Waals surface area (Å²) in [6.07, 6.45) is 0.596. The Morgan fingerprint density at radius 1 is 1.75 bits per heavy atom. The fraction of sp³-hybridized carbons (Fsp3) is 0.889. The molecule has 1 aliphatic rings. The first kappa shape index (κ1) is 9.52. The zero-order valence-corrected chi connectivity index (χ0v) is 7.83. The first-order valence-electron chi connectivity index (χ1n) is 4.37. The van der Waals surface area contributed by atoms with Crippen molar-refractivity contribution in [3.8, 4) is 0 Å². The molecule has 0 saturated carbocycles. The molecule has 0 aliphatic carbocycles. The molecule has 1 N–H and O–H groups in total. The highest BCUT2D eigenvalue weighted by Crippen LogP contribution is 2.35. The van der Waals surface area contributed by atoms with E-state index < -0.39 is 11.7 Å². The molecule has 0 amide bonds. The van der Waals surface area contributed by atoms with E-state index in [4.69, 9.17) is 4.74 Å². The van der Waals surface area contributed by atoms with Crippen molar-refractivity contribution in [1.82, 2.24) is 0 Å². The molecule has 12 heavy (non-hydrogen) atoms. The molecule has 1 heterocycles. The van der Waals surface area contributed by atoms with Gasteiger partial charge in [-0.05, 0) is 20.3 Å². The van der Waals surface area contributed by atoms with Crippen LogP contribution in [0.2, 0.25) is 0 Å². The third-order valence-corrected chi connectivity index (χ3v) is 2.54. The number of ether oxygens (including phenoxy) is 1. The molecule has 1 saturated heterocycles. The van der Waals surface area contributed by atoms with Gasteiger partial charge in [0.05, 0.1) is 12.5 Å². The Morgan fingerprint density at radius 2 is 2.33 bits per heavy atom. The Bertz CT molecular complexity index is 186. The van der Waals surface area contributed by atoms with E-state index >= 15 is 0 Å². The third-order valence-electron chi connectivity index (χ3n) is 2.54. The van der Waals surface area contributed by atoms with Crippen LogP contribution in [0.15, 0.2) is 0 Å². The average Bonchev–Trinajstić information content (AvgIpc) is 2.23. The van der Waals surface area contributed by atoms with E-state index in [0.717, 1.165) is 0 Å². The highest BCUT2D eigenvalue weighted by molar-refractivity contribution is 5.72. The van der Waals surface area contributed by atoms with Gasteiger partial charge in [-0.2, -0.15) is 0 Å². The monoisotopic (exact) mass is 172 g/mol. The Balaban J connectivity index is 2.71. The summed E-state index contributed by atoms with van der Waals surface area (Å²) >= 11 is 0.